The van der Waals surface area contributed by atoms with Gasteiger partial charge in [-0.3, -0.25) is 0 Å². The number of carboxylic acid groups (broad SMARTS) is 1. The van der Waals surface area contributed by atoms with Crippen molar-refractivity contribution in [1.82, 2.24) is 0 Å². The fourth-order valence-electron chi connectivity index (χ4n) is 1.40. The van der Waals surface area contributed by atoms with Gasteiger partial charge in [0.05, 0.1) is 0 Å². The van der Waals surface area contributed by atoms with E-state index in [0.29, 0.717) is 0 Å². The van der Waals surface area contributed by atoms with Gasteiger partial charge in [-0.25, -0.2) is 4.79 Å². The molecule has 1 aromatic carbocycles. The van der Waals surface area contributed by atoms with Crippen LogP contribution in [0.1, 0.15) is 16.7 Å². The summed E-state index contributed by atoms with van der Waals surface area (Å²) >= 11 is 1.49. The van der Waals surface area contributed by atoms with E-state index in [0.717, 1.165) is 11.8 Å². The van der Waals surface area contributed by atoms with Gasteiger partial charge in [-0.1, -0.05) is 29.3 Å². The largest absolute Gasteiger partial charge is 0.478 e. The van der Waals surface area contributed by atoms with Crippen LogP contribution in [0.2, 0.25) is 0 Å². The molecule has 3 heteroatoms. The van der Waals surface area contributed by atoms with E-state index in [1.54, 1.807) is 5.41 Å². The van der Waals surface area contributed by atoms with Crippen LogP contribution >= 0.6 is 11.8 Å². The normalized spacial score (nSPS) is 10.8. The first-order valence-corrected chi connectivity index (χ1v) is 5.71. The molecule has 1 aromatic rings. The zero-order valence-electron chi connectivity index (χ0n) is 8.86. The minimum Gasteiger partial charge on any atom is -0.478 e. The van der Waals surface area contributed by atoms with Crippen LogP contribution in [0, 0.1) is 13.8 Å². The van der Waals surface area contributed by atoms with Crippen molar-refractivity contribution < 1.29 is 9.90 Å². The molecule has 0 fully saturated rings. The molecule has 0 spiro atoms. The molecule has 0 aliphatic heterocycles. The summed E-state index contributed by atoms with van der Waals surface area (Å²) in [5.74, 6) is -0.0883. The number of thioether (sulfide) groups is 1. The Balaban J connectivity index is 2.54. The summed E-state index contributed by atoms with van der Waals surface area (Å²) in [6, 6.07) is 6.37. The molecule has 0 radical (unpaired) electrons. The summed E-state index contributed by atoms with van der Waals surface area (Å²) in [5, 5.41) is 10.0. The standard InChI is InChI=1S/C12H14O2S/c1-9-5-10(2)7-11(6-9)8-15-4-3-12(13)14/h3-7H,8H2,1-2H3,(H,13,14). The van der Waals surface area contributed by atoms with Gasteiger partial charge in [-0.2, -0.15) is 0 Å². The number of benzene rings is 1. The number of hydrogen-bond donors (Lipinski definition) is 1. The zero-order chi connectivity index (χ0) is 11.3. The molecule has 0 aliphatic carbocycles. The molecule has 0 atom stereocenters. The van der Waals surface area contributed by atoms with Crippen LogP contribution in [0.3, 0.4) is 0 Å². The molecule has 80 valence electrons. The Bertz CT molecular complexity index is 363. The van der Waals surface area contributed by atoms with Crippen LogP contribution in [0.4, 0.5) is 0 Å². The highest BCUT2D eigenvalue weighted by atomic mass is 32.2. The Labute approximate surface area is 94.0 Å². The monoisotopic (exact) mass is 222 g/mol. The van der Waals surface area contributed by atoms with Crippen molar-refractivity contribution >= 4 is 17.7 Å². The molecule has 0 saturated carbocycles. The van der Waals surface area contributed by atoms with Crippen molar-refractivity contribution in [3.05, 3.63) is 46.4 Å². The molecule has 0 unspecified atom stereocenters. The molecule has 0 aromatic heterocycles. The van der Waals surface area contributed by atoms with E-state index in [1.165, 1.54) is 28.5 Å². The van der Waals surface area contributed by atoms with Gasteiger partial charge in [-0.15, -0.1) is 11.8 Å². The van der Waals surface area contributed by atoms with E-state index >= 15 is 0 Å². The highest BCUT2D eigenvalue weighted by Gasteiger charge is 1.95. The molecule has 0 aliphatic rings. The Hall–Kier alpha value is -1.22. The van der Waals surface area contributed by atoms with Gasteiger partial charge in [0, 0.05) is 11.8 Å². The van der Waals surface area contributed by atoms with Gasteiger partial charge >= 0.3 is 5.97 Å². The lowest BCUT2D eigenvalue weighted by Crippen LogP contribution is -1.86. The van der Waals surface area contributed by atoms with Crippen molar-refractivity contribution in [2.75, 3.05) is 0 Å². The summed E-state index contributed by atoms with van der Waals surface area (Å²) in [6.45, 7) is 4.13. The van der Waals surface area contributed by atoms with E-state index in [2.05, 4.69) is 32.0 Å². The first-order valence-electron chi connectivity index (χ1n) is 4.66. The fourth-order valence-corrected chi connectivity index (χ4v) is 2.07. The van der Waals surface area contributed by atoms with Crippen molar-refractivity contribution in [2.24, 2.45) is 0 Å². The second-order valence-electron chi connectivity index (χ2n) is 3.45. The van der Waals surface area contributed by atoms with Crippen molar-refractivity contribution in [3.63, 3.8) is 0 Å². The van der Waals surface area contributed by atoms with Crippen LogP contribution in [-0.2, 0) is 10.5 Å². The Morgan fingerprint density at radius 2 is 1.93 bits per heavy atom. The third-order valence-electron chi connectivity index (χ3n) is 1.84. The van der Waals surface area contributed by atoms with Crippen molar-refractivity contribution in [1.29, 1.82) is 0 Å². The van der Waals surface area contributed by atoms with Gasteiger partial charge < -0.3 is 5.11 Å². The number of rotatable bonds is 4. The molecule has 0 bridgehead atoms. The molecule has 0 heterocycles. The molecule has 0 saturated heterocycles. The summed E-state index contributed by atoms with van der Waals surface area (Å²) in [5.41, 5.74) is 3.72. The van der Waals surface area contributed by atoms with Crippen molar-refractivity contribution in [2.45, 2.75) is 19.6 Å². The smallest absolute Gasteiger partial charge is 0.328 e. The average Bonchev–Trinajstić information content (AvgIpc) is 2.10. The zero-order valence-corrected chi connectivity index (χ0v) is 9.67. The lowest BCUT2D eigenvalue weighted by molar-refractivity contribution is -0.131. The molecule has 2 nitrogen and oxygen atoms in total. The van der Waals surface area contributed by atoms with Gasteiger partial charge in [0.15, 0.2) is 0 Å². The topological polar surface area (TPSA) is 37.3 Å². The van der Waals surface area contributed by atoms with Crippen molar-refractivity contribution in [3.8, 4) is 0 Å². The minimum absolute atomic E-state index is 0.812. The first kappa shape index (κ1) is 11.9. The highest BCUT2D eigenvalue weighted by Crippen LogP contribution is 2.16. The van der Waals surface area contributed by atoms with E-state index in [4.69, 9.17) is 5.11 Å². The molecule has 15 heavy (non-hydrogen) atoms. The van der Waals surface area contributed by atoms with E-state index in [-0.39, 0.29) is 0 Å². The first-order chi connectivity index (χ1) is 7.08. The van der Waals surface area contributed by atoms with Crippen LogP contribution in [0.25, 0.3) is 0 Å². The van der Waals surface area contributed by atoms with Crippen LogP contribution in [-0.4, -0.2) is 11.1 Å². The quantitative estimate of drug-likeness (QED) is 0.795. The Kier molecular flexibility index (Phi) is 4.43. The maximum absolute atomic E-state index is 10.2. The summed E-state index contributed by atoms with van der Waals surface area (Å²) in [6.07, 6.45) is 1.16. The fraction of sp³-hybridized carbons (Fsp3) is 0.250. The summed E-state index contributed by atoms with van der Waals surface area (Å²) in [4.78, 5) is 10.2. The number of aliphatic carboxylic acids is 1. The van der Waals surface area contributed by atoms with E-state index < -0.39 is 5.97 Å². The Morgan fingerprint density at radius 3 is 2.47 bits per heavy atom. The SMILES string of the molecule is Cc1cc(C)cc(CSC=CC(=O)O)c1. The minimum atomic E-state index is -0.900. The average molecular weight is 222 g/mol. The van der Waals surface area contributed by atoms with E-state index in [1.807, 2.05) is 0 Å². The maximum Gasteiger partial charge on any atom is 0.328 e. The summed E-state index contributed by atoms with van der Waals surface area (Å²) in [7, 11) is 0. The number of aryl methyl sites for hydroxylation is 2. The predicted molar refractivity (Wildman–Crippen MR) is 64.0 cm³/mol. The van der Waals surface area contributed by atoms with Gasteiger partial charge in [0.1, 0.15) is 0 Å². The Morgan fingerprint density at radius 1 is 1.33 bits per heavy atom. The van der Waals surface area contributed by atoms with Gasteiger partial charge in [0.25, 0.3) is 0 Å². The summed E-state index contributed by atoms with van der Waals surface area (Å²) < 4.78 is 0. The van der Waals surface area contributed by atoms with Crippen LogP contribution < -0.4 is 0 Å². The van der Waals surface area contributed by atoms with Crippen LogP contribution in [0.15, 0.2) is 29.7 Å². The van der Waals surface area contributed by atoms with Crippen LogP contribution in [0.5, 0.6) is 0 Å². The molecule has 1 N–H and O–H groups in total. The highest BCUT2D eigenvalue weighted by molar-refractivity contribution is 8.01. The molecule has 1 rings (SSSR count). The maximum atomic E-state index is 10.2. The lowest BCUT2D eigenvalue weighted by Gasteiger charge is -2.02. The van der Waals surface area contributed by atoms with E-state index in [9.17, 15) is 4.79 Å². The number of carbonyl (C=O) groups is 1. The second kappa shape index (κ2) is 5.61. The number of hydrogen-bond acceptors (Lipinski definition) is 2. The lowest BCUT2D eigenvalue weighted by atomic mass is 10.1. The third kappa shape index (κ3) is 4.70. The van der Waals surface area contributed by atoms with Gasteiger partial charge in [-0.05, 0) is 24.8 Å². The third-order valence-corrected chi connectivity index (χ3v) is 2.67. The van der Waals surface area contributed by atoms with Gasteiger partial charge in [0.2, 0.25) is 0 Å². The number of carboxylic acids is 1. The molecule has 0 amide bonds. The second-order valence-corrected chi connectivity index (χ2v) is 4.34. The molecular weight excluding hydrogens is 208 g/mol. The molecular formula is C12H14O2S. The predicted octanol–water partition coefficient (Wildman–Crippen LogP) is 3.13.